The first kappa shape index (κ1) is 12.6. The Morgan fingerprint density at radius 3 is 2.65 bits per heavy atom. The van der Waals surface area contributed by atoms with E-state index in [0.717, 1.165) is 38.6 Å². The van der Waals surface area contributed by atoms with Crippen LogP contribution in [-0.4, -0.2) is 18.8 Å². The van der Waals surface area contributed by atoms with Gasteiger partial charge in [-0.2, -0.15) is 0 Å². The molecule has 1 aliphatic rings. The Bertz CT molecular complexity index is 312. The van der Waals surface area contributed by atoms with Crippen LogP contribution >= 0.6 is 0 Å². The van der Waals surface area contributed by atoms with Gasteiger partial charge in [0.25, 0.3) is 0 Å². The van der Waals surface area contributed by atoms with Crippen molar-refractivity contribution in [3.05, 3.63) is 35.9 Å². The highest BCUT2D eigenvalue weighted by Crippen LogP contribution is 2.21. The van der Waals surface area contributed by atoms with E-state index in [2.05, 4.69) is 29.6 Å². The third-order valence-corrected chi connectivity index (χ3v) is 3.57. The molecule has 0 amide bonds. The van der Waals surface area contributed by atoms with Crippen LogP contribution in [0.15, 0.2) is 30.3 Å². The van der Waals surface area contributed by atoms with E-state index < -0.39 is 6.17 Å². The lowest BCUT2D eigenvalue weighted by molar-refractivity contribution is 0.189. The van der Waals surface area contributed by atoms with Crippen molar-refractivity contribution in [2.75, 3.05) is 6.54 Å². The van der Waals surface area contributed by atoms with Crippen molar-refractivity contribution in [3.8, 4) is 0 Å². The summed E-state index contributed by atoms with van der Waals surface area (Å²) in [5.74, 6) is 0. The second kappa shape index (κ2) is 6.75. The first-order chi connectivity index (χ1) is 8.36. The van der Waals surface area contributed by atoms with Gasteiger partial charge in [0.1, 0.15) is 6.17 Å². The van der Waals surface area contributed by atoms with Gasteiger partial charge in [-0.15, -0.1) is 0 Å². The molecule has 0 aliphatic heterocycles. The largest absolute Gasteiger partial charge is 0.311 e. The van der Waals surface area contributed by atoms with Gasteiger partial charge < -0.3 is 5.32 Å². The van der Waals surface area contributed by atoms with E-state index in [4.69, 9.17) is 0 Å². The van der Waals surface area contributed by atoms with Crippen molar-refractivity contribution in [1.82, 2.24) is 5.32 Å². The van der Waals surface area contributed by atoms with Crippen molar-refractivity contribution < 1.29 is 4.39 Å². The van der Waals surface area contributed by atoms with Crippen LogP contribution in [0.25, 0.3) is 0 Å². The molecule has 1 N–H and O–H groups in total. The number of aryl methyl sites for hydroxylation is 1. The number of alkyl halides is 1. The zero-order valence-corrected chi connectivity index (χ0v) is 10.4. The van der Waals surface area contributed by atoms with Crippen LogP contribution in [0, 0.1) is 0 Å². The molecule has 17 heavy (non-hydrogen) atoms. The van der Waals surface area contributed by atoms with E-state index in [1.165, 1.54) is 12.0 Å². The molecular weight excluding hydrogens is 213 g/mol. The van der Waals surface area contributed by atoms with Gasteiger partial charge in [-0.25, -0.2) is 4.39 Å². The summed E-state index contributed by atoms with van der Waals surface area (Å²) in [6.45, 7) is 0.931. The molecule has 0 aromatic heterocycles. The maximum absolute atomic E-state index is 13.5. The Balaban J connectivity index is 1.63. The molecule has 0 radical (unpaired) electrons. The molecule has 0 unspecified atom stereocenters. The Labute approximate surface area is 103 Å². The maximum Gasteiger partial charge on any atom is 0.115 e. The molecule has 2 atom stereocenters. The third-order valence-electron chi connectivity index (χ3n) is 3.57. The van der Waals surface area contributed by atoms with E-state index in [0.29, 0.717) is 0 Å². The fraction of sp³-hybridized carbons (Fsp3) is 0.600. The van der Waals surface area contributed by atoms with Crippen molar-refractivity contribution in [2.24, 2.45) is 0 Å². The van der Waals surface area contributed by atoms with Crippen molar-refractivity contribution in [1.29, 1.82) is 0 Å². The fourth-order valence-electron chi connectivity index (χ4n) is 2.54. The van der Waals surface area contributed by atoms with E-state index in [-0.39, 0.29) is 6.04 Å². The number of halogens is 1. The molecule has 1 aliphatic carbocycles. The normalized spacial score (nSPS) is 24.8. The number of rotatable bonds is 5. The summed E-state index contributed by atoms with van der Waals surface area (Å²) >= 11 is 0. The highest BCUT2D eigenvalue weighted by Gasteiger charge is 2.23. The first-order valence-electron chi connectivity index (χ1n) is 6.77. The quantitative estimate of drug-likeness (QED) is 0.770. The van der Waals surface area contributed by atoms with Gasteiger partial charge in [0.2, 0.25) is 0 Å². The van der Waals surface area contributed by atoms with Gasteiger partial charge >= 0.3 is 0 Å². The van der Waals surface area contributed by atoms with E-state index in [9.17, 15) is 4.39 Å². The Morgan fingerprint density at radius 2 is 1.88 bits per heavy atom. The highest BCUT2D eigenvalue weighted by molar-refractivity contribution is 5.14. The van der Waals surface area contributed by atoms with Crippen molar-refractivity contribution >= 4 is 0 Å². The summed E-state index contributed by atoms with van der Waals surface area (Å²) in [6.07, 6.45) is 5.54. The van der Waals surface area contributed by atoms with Gasteiger partial charge in [0.05, 0.1) is 0 Å². The van der Waals surface area contributed by atoms with E-state index in [1.807, 2.05) is 6.07 Å². The van der Waals surface area contributed by atoms with Crippen LogP contribution in [0.4, 0.5) is 4.39 Å². The predicted molar refractivity (Wildman–Crippen MR) is 69.9 cm³/mol. The molecule has 1 aromatic carbocycles. The van der Waals surface area contributed by atoms with Gasteiger partial charge in [0, 0.05) is 6.04 Å². The summed E-state index contributed by atoms with van der Waals surface area (Å²) in [4.78, 5) is 0. The topological polar surface area (TPSA) is 12.0 Å². The maximum atomic E-state index is 13.5. The van der Waals surface area contributed by atoms with Crippen LogP contribution in [-0.2, 0) is 6.42 Å². The van der Waals surface area contributed by atoms with Gasteiger partial charge in [-0.3, -0.25) is 0 Å². The van der Waals surface area contributed by atoms with Crippen molar-refractivity contribution in [3.63, 3.8) is 0 Å². The second-order valence-electron chi connectivity index (χ2n) is 4.95. The lowest BCUT2D eigenvalue weighted by Crippen LogP contribution is -2.40. The Morgan fingerprint density at radius 1 is 1.12 bits per heavy atom. The van der Waals surface area contributed by atoms with Crippen molar-refractivity contribution in [2.45, 2.75) is 50.7 Å². The standard InChI is InChI=1S/C15H22FN/c16-14-10-4-5-11-15(14)17-12-6-9-13-7-2-1-3-8-13/h1-3,7-8,14-15,17H,4-6,9-12H2/t14-,15-/m1/s1. The predicted octanol–water partition coefficient (Wildman–Crippen LogP) is 3.49. The molecule has 0 heterocycles. The minimum atomic E-state index is -0.625. The third kappa shape index (κ3) is 4.12. The number of hydrogen-bond donors (Lipinski definition) is 1. The summed E-state index contributed by atoms with van der Waals surface area (Å²) in [5.41, 5.74) is 1.37. The Kier molecular flexibility index (Phi) is 4.99. The Hall–Kier alpha value is -0.890. The molecule has 2 heteroatoms. The summed E-state index contributed by atoms with van der Waals surface area (Å²) in [7, 11) is 0. The monoisotopic (exact) mass is 235 g/mol. The molecule has 1 nitrogen and oxygen atoms in total. The second-order valence-corrected chi connectivity index (χ2v) is 4.95. The molecule has 1 aromatic rings. The average molecular weight is 235 g/mol. The molecule has 0 spiro atoms. The number of nitrogens with one attached hydrogen (secondary N) is 1. The van der Waals surface area contributed by atoms with Crippen LogP contribution in [0.2, 0.25) is 0 Å². The summed E-state index contributed by atoms with van der Waals surface area (Å²) < 4.78 is 13.5. The zero-order valence-electron chi connectivity index (χ0n) is 10.4. The molecule has 1 fully saturated rings. The molecule has 94 valence electrons. The van der Waals surface area contributed by atoms with Gasteiger partial charge in [-0.1, -0.05) is 43.2 Å². The number of benzene rings is 1. The van der Waals surface area contributed by atoms with Crippen LogP contribution in [0.5, 0.6) is 0 Å². The van der Waals surface area contributed by atoms with Crippen LogP contribution in [0.1, 0.15) is 37.7 Å². The van der Waals surface area contributed by atoms with Crippen LogP contribution < -0.4 is 5.32 Å². The van der Waals surface area contributed by atoms with E-state index >= 15 is 0 Å². The van der Waals surface area contributed by atoms with Gasteiger partial charge in [-0.05, 0) is 37.8 Å². The minimum Gasteiger partial charge on any atom is -0.311 e. The molecular formula is C15H22FN. The minimum absolute atomic E-state index is 0.111. The molecule has 2 rings (SSSR count). The SMILES string of the molecule is F[C@@H]1CCCC[C@H]1NCCCc1ccccc1. The number of hydrogen-bond acceptors (Lipinski definition) is 1. The summed E-state index contributed by atoms with van der Waals surface area (Å²) in [6, 6.07) is 10.6. The molecule has 1 saturated carbocycles. The zero-order chi connectivity index (χ0) is 11.9. The average Bonchev–Trinajstić information content (AvgIpc) is 2.38. The first-order valence-corrected chi connectivity index (χ1v) is 6.77. The highest BCUT2D eigenvalue weighted by atomic mass is 19.1. The van der Waals surface area contributed by atoms with Crippen LogP contribution in [0.3, 0.4) is 0 Å². The molecule has 0 bridgehead atoms. The molecule has 0 saturated heterocycles. The van der Waals surface area contributed by atoms with E-state index in [1.54, 1.807) is 0 Å². The summed E-state index contributed by atoms with van der Waals surface area (Å²) in [5, 5.41) is 3.37. The fourth-order valence-corrected chi connectivity index (χ4v) is 2.54. The lowest BCUT2D eigenvalue weighted by Gasteiger charge is -2.26. The van der Waals surface area contributed by atoms with Gasteiger partial charge in [0.15, 0.2) is 0 Å². The smallest absolute Gasteiger partial charge is 0.115 e. The lowest BCUT2D eigenvalue weighted by atomic mass is 9.93.